The Balaban J connectivity index is 1.55. The molecule has 1 saturated heterocycles. The number of nitrogens with zero attached hydrogens (tertiary/aromatic N) is 3. The van der Waals surface area contributed by atoms with Gasteiger partial charge in [-0.15, -0.1) is 0 Å². The summed E-state index contributed by atoms with van der Waals surface area (Å²) in [6.45, 7) is 6.70. The first-order valence-electron chi connectivity index (χ1n) is 10.7. The highest BCUT2D eigenvalue weighted by atomic mass is 16.6. The number of amides is 4. The Morgan fingerprint density at radius 2 is 1.62 bits per heavy atom. The van der Waals surface area contributed by atoms with Crippen LogP contribution in [0.3, 0.4) is 0 Å². The van der Waals surface area contributed by atoms with Crippen molar-refractivity contribution in [1.29, 1.82) is 0 Å². The van der Waals surface area contributed by atoms with Gasteiger partial charge in [-0.05, 0) is 39.0 Å². The highest BCUT2D eigenvalue weighted by molar-refractivity contribution is 6.23. The Morgan fingerprint density at radius 1 is 0.971 bits per heavy atom. The zero-order valence-electron chi connectivity index (χ0n) is 19.1. The average Bonchev–Trinajstić information content (AvgIpc) is 3.05. The molecule has 1 fully saturated rings. The van der Waals surface area contributed by atoms with Crippen molar-refractivity contribution in [3.63, 3.8) is 0 Å². The lowest BCUT2D eigenvalue weighted by Gasteiger charge is -2.35. The van der Waals surface area contributed by atoms with Gasteiger partial charge in [0.1, 0.15) is 11.4 Å². The molecule has 0 unspecified atom stereocenters. The van der Waals surface area contributed by atoms with Crippen molar-refractivity contribution in [3.05, 3.63) is 57.4 Å². The second-order valence-corrected chi connectivity index (χ2v) is 9.09. The largest absolute Gasteiger partial charge is 0.444 e. The summed E-state index contributed by atoms with van der Waals surface area (Å²) in [5.74, 6) is -1.81. The van der Waals surface area contributed by atoms with Gasteiger partial charge < -0.3 is 20.3 Å². The number of carbonyl (C=O) groups is 4. The molecule has 3 heterocycles. The topological polar surface area (TPSA) is 144 Å². The number of nitrogens with two attached hydrogens (primary N) is 1. The zero-order valence-corrected chi connectivity index (χ0v) is 19.1. The molecule has 34 heavy (non-hydrogen) atoms. The number of pyridine rings is 1. The number of hydrogen-bond acceptors (Lipinski definition) is 7. The molecule has 11 heteroatoms. The first-order valence-corrected chi connectivity index (χ1v) is 10.7. The van der Waals surface area contributed by atoms with Gasteiger partial charge in [0.15, 0.2) is 0 Å². The minimum Gasteiger partial charge on any atom is -0.444 e. The molecular formula is C23H25N5O6. The number of fused-ring (bicyclic) bond motifs is 1. The van der Waals surface area contributed by atoms with Crippen molar-refractivity contribution in [2.24, 2.45) is 0 Å². The van der Waals surface area contributed by atoms with Gasteiger partial charge >= 0.3 is 6.09 Å². The first-order chi connectivity index (χ1) is 16.0. The molecule has 0 spiro atoms. The standard InChI is InChI=1S/C23H25N5O6/c1-23(2,3)34-22(33)27-9-7-26(8-10-27)21(32)13-5-4-6-14(11-13)28-16(29)12-15-17(18(28)24)20(31)25-19(15)30/h4-6,11-12H,7-10,24H2,1-3H3,(H,25,30,31). The third-order valence-corrected chi connectivity index (χ3v) is 5.52. The van der Waals surface area contributed by atoms with Gasteiger partial charge in [0.2, 0.25) is 0 Å². The zero-order chi connectivity index (χ0) is 24.8. The number of imide groups is 1. The van der Waals surface area contributed by atoms with Gasteiger partial charge in [0, 0.05) is 37.8 Å². The predicted octanol–water partition coefficient (Wildman–Crippen LogP) is 0.996. The summed E-state index contributed by atoms with van der Waals surface area (Å²) in [7, 11) is 0. The molecular weight excluding hydrogens is 442 g/mol. The fourth-order valence-corrected chi connectivity index (χ4v) is 3.92. The predicted molar refractivity (Wildman–Crippen MR) is 122 cm³/mol. The minimum atomic E-state index is -0.679. The molecule has 2 aliphatic heterocycles. The molecule has 0 radical (unpaired) electrons. The van der Waals surface area contributed by atoms with E-state index in [2.05, 4.69) is 5.32 Å². The van der Waals surface area contributed by atoms with Crippen molar-refractivity contribution in [2.45, 2.75) is 26.4 Å². The van der Waals surface area contributed by atoms with E-state index in [1.54, 1.807) is 48.8 Å². The quantitative estimate of drug-likeness (QED) is 0.627. The second kappa shape index (κ2) is 8.32. The van der Waals surface area contributed by atoms with Crippen LogP contribution in [0.15, 0.2) is 35.1 Å². The lowest BCUT2D eigenvalue weighted by molar-refractivity contribution is 0.0141. The van der Waals surface area contributed by atoms with Crippen LogP contribution < -0.4 is 16.6 Å². The van der Waals surface area contributed by atoms with Crippen LogP contribution in [0.1, 0.15) is 51.8 Å². The molecule has 0 aliphatic carbocycles. The van der Waals surface area contributed by atoms with E-state index in [4.69, 9.17) is 10.5 Å². The Kier molecular flexibility index (Phi) is 5.64. The summed E-state index contributed by atoms with van der Waals surface area (Å²) >= 11 is 0. The molecule has 11 nitrogen and oxygen atoms in total. The lowest BCUT2D eigenvalue weighted by atomic mass is 10.1. The molecule has 0 atom stereocenters. The number of nitrogen functional groups attached to an aromatic ring is 1. The summed E-state index contributed by atoms with van der Waals surface area (Å²) in [6.07, 6.45) is -0.421. The third kappa shape index (κ3) is 4.24. The van der Waals surface area contributed by atoms with Crippen molar-refractivity contribution < 1.29 is 23.9 Å². The molecule has 4 amide bonds. The summed E-state index contributed by atoms with van der Waals surface area (Å²) < 4.78 is 6.47. The molecule has 4 rings (SSSR count). The number of carbonyl (C=O) groups excluding carboxylic acids is 4. The van der Waals surface area contributed by atoms with Crippen LogP contribution in [-0.2, 0) is 4.74 Å². The molecule has 1 aromatic carbocycles. The molecule has 178 valence electrons. The fraction of sp³-hybridized carbons (Fsp3) is 0.348. The number of anilines is 1. The smallest absolute Gasteiger partial charge is 0.410 e. The molecule has 2 aromatic rings. The summed E-state index contributed by atoms with van der Waals surface area (Å²) in [5, 5.41) is 2.12. The van der Waals surface area contributed by atoms with Crippen LogP contribution >= 0.6 is 0 Å². The van der Waals surface area contributed by atoms with E-state index < -0.39 is 29.1 Å². The van der Waals surface area contributed by atoms with E-state index in [-0.39, 0.29) is 28.5 Å². The number of piperazine rings is 1. The maximum absolute atomic E-state index is 13.1. The van der Waals surface area contributed by atoms with E-state index in [1.807, 2.05) is 0 Å². The third-order valence-electron chi connectivity index (χ3n) is 5.52. The van der Waals surface area contributed by atoms with Gasteiger partial charge in [0.25, 0.3) is 23.3 Å². The van der Waals surface area contributed by atoms with Gasteiger partial charge in [-0.3, -0.25) is 29.1 Å². The fourth-order valence-electron chi connectivity index (χ4n) is 3.92. The van der Waals surface area contributed by atoms with Crippen molar-refractivity contribution in [1.82, 2.24) is 19.7 Å². The lowest BCUT2D eigenvalue weighted by Crippen LogP contribution is -2.51. The number of rotatable bonds is 2. The summed E-state index contributed by atoms with van der Waals surface area (Å²) in [5.41, 5.74) is 5.34. The second-order valence-electron chi connectivity index (χ2n) is 9.09. The minimum absolute atomic E-state index is 0.0698. The number of hydrogen-bond donors (Lipinski definition) is 2. The van der Waals surface area contributed by atoms with Crippen molar-refractivity contribution in [2.75, 3.05) is 31.9 Å². The SMILES string of the molecule is CC(C)(C)OC(=O)N1CCN(C(=O)c2cccc(-n3c(N)c4c(cc3=O)C(=O)NC4=O)c2)CC1. The number of aromatic nitrogens is 1. The van der Waals surface area contributed by atoms with Gasteiger partial charge in [-0.2, -0.15) is 0 Å². The Hall–Kier alpha value is -4.15. The van der Waals surface area contributed by atoms with Gasteiger partial charge in [-0.1, -0.05) is 6.07 Å². The highest BCUT2D eigenvalue weighted by Gasteiger charge is 2.32. The summed E-state index contributed by atoms with van der Waals surface area (Å²) in [4.78, 5) is 65.2. The van der Waals surface area contributed by atoms with Crippen LogP contribution in [0, 0.1) is 0 Å². The number of nitrogens with one attached hydrogen (secondary N) is 1. The molecule has 2 aliphatic rings. The van der Waals surface area contributed by atoms with E-state index in [0.717, 1.165) is 10.6 Å². The van der Waals surface area contributed by atoms with E-state index in [1.165, 1.54) is 6.07 Å². The van der Waals surface area contributed by atoms with Crippen LogP contribution in [0.4, 0.5) is 10.6 Å². The van der Waals surface area contributed by atoms with Crippen molar-refractivity contribution in [3.8, 4) is 5.69 Å². The number of benzene rings is 1. The Morgan fingerprint density at radius 3 is 2.26 bits per heavy atom. The molecule has 0 bridgehead atoms. The van der Waals surface area contributed by atoms with Crippen LogP contribution in [-0.4, -0.2) is 70.0 Å². The van der Waals surface area contributed by atoms with E-state index in [9.17, 15) is 24.0 Å². The first kappa shape index (κ1) is 23.0. The average molecular weight is 467 g/mol. The van der Waals surface area contributed by atoms with Gasteiger partial charge in [0.05, 0.1) is 16.8 Å². The van der Waals surface area contributed by atoms with Crippen LogP contribution in [0.5, 0.6) is 0 Å². The highest BCUT2D eigenvalue weighted by Crippen LogP contribution is 2.23. The Bertz CT molecular complexity index is 1270. The van der Waals surface area contributed by atoms with Crippen LogP contribution in [0.2, 0.25) is 0 Å². The monoisotopic (exact) mass is 467 g/mol. The molecule has 1 aromatic heterocycles. The van der Waals surface area contributed by atoms with Crippen LogP contribution in [0.25, 0.3) is 5.69 Å². The van der Waals surface area contributed by atoms with E-state index >= 15 is 0 Å². The Labute approximate surface area is 195 Å². The normalized spacial score (nSPS) is 15.7. The summed E-state index contributed by atoms with van der Waals surface area (Å²) in [6, 6.07) is 7.34. The van der Waals surface area contributed by atoms with Crippen molar-refractivity contribution >= 4 is 29.6 Å². The maximum Gasteiger partial charge on any atom is 0.410 e. The molecule has 0 saturated carbocycles. The van der Waals surface area contributed by atoms with Gasteiger partial charge in [-0.25, -0.2) is 4.79 Å². The van der Waals surface area contributed by atoms with E-state index in [0.29, 0.717) is 31.7 Å². The maximum atomic E-state index is 13.1. The number of ether oxygens (including phenoxy) is 1. The molecule has 3 N–H and O–H groups in total.